The van der Waals surface area contributed by atoms with E-state index >= 15 is 0 Å². The summed E-state index contributed by atoms with van der Waals surface area (Å²) in [5.74, 6) is 0.791. The molecule has 0 bridgehead atoms. The molecule has 1 unspecified atom stereocenters. The van der Waals surface area contributed by atoms with Crippen molar-refractivity contribution in [2.24, 2.45) is 0 Å². The van der Waals surface area contributed by atoms with Crippen LogP contribution < -0.4 is 0 Å². The molecule has 0 aliphatic rings. The maximum absolute atomic E-state index is 14.0. The first-order valence-corrected chi connectivity index (χ1v) is 12.9. The summed E-state index contributed by atoms with van der Waals surface area (Å²) in [4.78, 5) is 18.3. The molecule has 3 heterocycles. The van der Waals surface area contributed by atoms with Gasteiger partial charge in [-0.3, -0.25) is 9.36 Å². The van der Waals surface area contributed by atoms with Crippen molar-refractivity contribution in [3.63, 3.8) is 0 Å². The van der Waals surface area contributed by atoms with E-state index in [1.54, 1.807) is 11.3 Å². The SMILES string of the molecule is O=C(c1c[nH]c2ccccc12)C(Sc1nnc(-c2cccs2)n1-c1ccccc1)c1ccccc1. The second-order valence-corrected chi connectivity index (χ2v) is 10.00. The number of fused-ring (bicyclic) bond motifs is 1. The summed E-state index contributed by atoms with van der Waals surface area (Å²) in [6, 6.07) is 31.8. The third kappa shape index (κ3) is 4.09. The van der Waals surface area contributed by atoms with Crippen molar-refractivity contribution in [2.45, 2.75) is 10.4 Å². The number of thiophene rings is 1. The molecular weight excluding hydrogens is 472 g/mol. The molecule has 0 amide bonds. The van der Waals surface area contributed by atoms with Crippen LogP contribution in [0.25, 0.3) is 27.3 Å². The Morgan fingerprint density at radius 2 is 1.60 bits per heavy atom. The molecule has 0 saturated heterocycles. The van der Waals surface area contributed by atoms with Crippen molar-refractivity contribution in [2.75, 3.05) is 0 Å². The Morgan fingerprint density at radius 3 is 2.37 bits per heavy atom. The standard InChI is InChI=1S/C28H20N4OS2/c33-25(22-18-29-23-15-8-7-14-21(22)23)26(19-10-3-1-4-11-19)35-28-31-30-27(24-16-9-17-34-24)32(28)20-12-5-2-6-13-20/h1-18,26,29H. The van der Waals surface area contributed by atoms with Gasteiger partial charge in [-0.05, 0) is 35.2 Å². The molecule has 7 heteroatoms. The Labute approximate surface area is 210 Å². The van der Waals surface area contributed by atoms with Gasteiger partial charge >= 0.3 is 0 Å². The summed E-state index contributed by atoms with van der Waals surface area (Å²) in [6.07, 6.45) is 1.81. The molecule has 3 aromatic heterocycles. The maximum Gasteiger partial charge on any atom is 0.197 e. The van der Waals surface area contributed by atoms with E-state index < -0.39 is 5.25 Å². The van der Waals surface area contributed by atoms with Crippen LogP contribution in [0.3, 0.4) is 0 Å². The Kier molecular flexibility index (Phi) is 5.78. The molecule has 35 heavy (non-hydrogen) atoms. The molecule has 1 N–H and O–H groups in total. The first-order valence-electron chi connectivity index (χ1n) is 11.2. The number of hydrogen-bond donors (Lipinski definition) is 1. The van der Waals surface area contributed by atoms with Crippen LogP contribution in [0.4, 0.5) is 0 Å². The number of benzene rings is 3. The lowest BCUT2D eigenvalue weighted by molar-refractivity contribution is 0.0991. The van der Waals surface area contributed by atoms with Gasteiger partial charge in [-0.2, -0.15) is 0 Å². The molecule has 0 fully saturated rings. The van der Waals surface area contributed by atoms with E-state index in [-0.39, 0.29) is 5.78 Å². The number of rotatable bonds is 7. The first kappa shape index (κ1) is 21.6. The van der Waals surface area contributed by atoms with Crippen molar-refractivity contribution in [3.8, 4) is 16.4 Å². The zero-order valence-corrected chi connectivity index (χ0v) is 20.2. The third-order valence-electron chi connectivity index (χ3n) is 5.81. The quantitative estimate of drug-likeness (QED) is 0.189. The van der Waals surface area contributed by atoms with E-state index in [9.17, 15) is 4.79 Å². The summed E-state index contributed by atoms with van der Waals surface area (Å²) in [6.45, 7) is 0. The smallest absolute Gasteiger partial charge is 0.197 e. The number of Topliss-reactive ketones (excluding diaryl/α,β-unsaturated/α-hetero) is 1. The number of ketones is 1. The van der Waals surface area contributed by atoms with Crippen LogP contribution in [0.2, 0.25) is 0 Å². The fraction of sp³-hybridized carbons (Fsp3) is 0.0357. The van der Waals surface area contributed by atoms with Crippen LogP contribution in [0.15, 0.2) is 114 Å². The van der Waals surface area contributed by atoms with Gasteiger partial charge in [0.2, 0.25) is 0 Å². The molecule has 1 atom stereocenters. The van der Waals surface area contributed by atoms with E-state index in [1.165, 1.54) is 11.8 Å². The number of aromatic nitrogens is 4. The van der Waals surface area contributed by atoms with Crippen molar-refractivity contribution in [1.29, 1.82) is 0 Å². The van der Waals surface area contributed by atoms with Crippen molar-refractivity contribution < 1.29 is 4.79 Å². The Balaban J connectivity index is 1.47. The Morgan fingerprint density at radius 1 is 0.857 bits per heavy atom. The lowest BCUT2D eigenvalue weighted by atomic mass is 10.0. The molecule has 0 saturated carbocycles. The van der Waals surface area contributed by atoms with E-state index in [4.69, 9.17) is 0 Å². The van der Waals surface area contributed by atoms with Gasteiger partial charge in [0.15, 0.2) is 16.8 Å². The molecule has 0 radical (unpaired) electrons. The highest BCUT2D eigenvalue weighted by Gasteiger charge is 2.29. The number of aromatic amines is 1. The highest BCUT2D eigenvalue weighted by atomic mass is 32.2. The lowest BCUT2D eigenvalue weighted by Crippen LogP contribution is -2.11. The van der Waals surface area contributed by atoms with Crippen LogP contribution in [0.1, 0.15) is 21.2 Å². The van der Waals surface area contributed by atoms with Crippen molar-refractivity contribution in [1.82, 2.24) is 19.7 Å². The van der Waals surface area contributed by atoms with Gasteiger partial charge < -0.3 is 4.98 Å². The molecule has 5 nitrogen and oxygen atoms in total. The van der Waals surface area contributed by atoms with Gasteiger partial charge in [0.05, 0.1) is 4.88 Å². The fourth-order valence-electron chi connectivity index (χ4n) is 4.14. The number of carbonyl (C=O) groups is 1. The van der Waals surface area contributed by atoms with Gasteiger partial charge in [-0.25, -0.2) is 0 Å². The van der Waals surface area contributed by atoms with E-state index in [2.05, 4.69) is 15.2 Å². The van der Waals surface area contributed by atoms with Crippen molar-refractivity contribution in [3.05, 3.63) is 120 Å². The number of nitrogens with zero attached hydrogens (tertiary/aromatic N) is 3. The predicted octanol–water partition coefficient (Wildman–Crippen LogP) is 7.19. The monoisotopic (exact) mass is 492 g/mol. The van der Waals surface area contributed by atoms with Gasteiger partial charge in [0, 0.05) is 28.4 Å². The number of carbonyl (C=O) groups excluding carboxylic acids is 1. The second-order valence-electron chi connectivity index (χ2n) is 7.98. The second kappa shape index (κ2) is 9.37. The molecule has 6 aromatic rings. The highest BCUT2D eigenvalue weighted by Crippen LogP contribution is 2.40. The van der Waals surface area contributed by atoms with Crippen LogP contribution in [0.5, 0.6) is 0 Å². The molecule has 6 rings (SSSR count). The van der Waals surface area contributed by atoms with Gasteiger partial charge in [-0.1, -0.05) is 84.6 Å². The van der Waals surface area contributed by atoms with Crippen molar-refractivity contribution >= 4 is 39.8 Å². The number of para-hydroxylation sites is 2. The zero-order chi connectivity index (χ0) is 23.6. The topological polar surface area (TPSA) is 63.6 Å². The summed E-state index contributed by atoms with van der Waals surface area (Å²) in [7, 11) is 0. The van der Waals surface area contributed by atoms with E-state index in [1.807, 2.05) is 113 Å². The Hall–Kier alpha value is -3.94. The molecule has 0 aliphatic carbocycles. The van der Waals surface area contributed by atoms with E-state index in [0.717, 1.165) is 32.9 Å². The number of nitrogens with one attached hydrogen (secondary N) is 1. The average Bonchev–Trinajstić information content (AvgIpc) is 3.67. The summed E-state index contributed by atoms with van der Waals surface area (Å²) in [5, 5.41) is 12.2. The summed E-state index contributed by atoms with van der Waals surface area (Å²) >= 11 is 3.04. The van der Waals surface area contributed by atoms with Crippen LogP contribution in [-0.2, 0) is 0 Å². The predicted molar refractivity (Wildman–Crippen MR) is 142 cm³/mol. The largest absolute Gasteiger partial charge is 0.360 e. The highest BCUT2D eigenvalue weighted by molar-refractivity contribution is 8.00. The molecule has 0 aliphatic heterocycles. The van der Waals surface area contributed by atoms with E-state index in [0.29, 0.717) is 10.7 Å². The summed E-state index contributed by atoms with van der Waals surface area (Å²) in [5.41, 5.74) is 3.49. The van der Waals surface area contributed by atoms with Crippen LogP contribution in [-0.4, -0.2) is 25.5 Å². The fourth-order valence-corrected chi connectivity index (χ4v) is 5.97. The third-order valence-corrected chi connectivity index (χ3v) is 7.87. The lowest BCUT2D eigenvalue weighted by Gasteiger charge is -2.17. The first-order chi connectivity index (χ1) is 17.3. The summed E-state index contributed by atoms with van der Waals surface area (Å²) < 4.78 is 2.04. The minimum Gasteiger partial charge on any atom is -0.360 e. The Bertz CT molecular complexity index is 1590. The number of H-pyrrole nitrogens is 1. The minimum absolute atomic E-state index is 0.0268. The molecular formula is C28H20N4OS2. The zero-order valence-electron chi connectivity index (χ0n) is 18.5. The average molecular weight is 493 g/mol. The van der Waals surface area contributed by atoms with Crippen LogP contribution in [0, 0.1) is 0 Å². The minimum atomic E-state index is -0.488. The normalized spacial score (nSPS) is 12.1. The van der Waals surface area contributed by atoms with Gasteiger partial charge in [0.1, 0.15) is 5.25 Å². The maximum atomic E-state index is 14.0. The number of hydrogen-bond acceptors (Lipinski definition) is 5. The van der Waals surface area contributed by atoms with Gasteiger partial charge in [-0.15, -0.1) is 21.5 Å². The molecule has 170 valence electrons. The van der Waals surface area contributed by atoms with Crippen LogP contribution >= 0.6 is 23.1 Å². The molecule has 0 spiro atoms. The molecule has 3 aromatic carbocycles. The van der Waals surface area contributed by atoms with Gasteiger partial charge in [0.25, 0.3) is 0 Å². The number of thioether (sulfide) groups is 1.